The second-order valence-corrected chi connectivity index (χ2v) is 14.5. The van der Waals surface area contributed by atoms with Crippen molar-refractivity contribution >= 4 is 78.9 Å². The van der Waals surface area contributed by atoms with Crippen molar-refractivity contribution in [2.75, 3.05) is 34.5 Å². The topological polar surface area (TPSA) is 253 Å². The Kier molecular flexibility index (Phi) is 12.6. The molecule has 0 aliphatic carbocycles. The SMILES string of the molecule is C=CCOc1nc(Nc2ccccc2)nc(Nc2ccc(/C=C/c3ccc(Nc4nc(Nc5ccccc5)nc(OCC=C)n4)cc3S(=O)(=O)O)c(S(=O)(=O)O)c2)n1. The molecule has 0 spiro atoms. The highest BCUT2D eigenvalue weighted by atomic mass is 32.2. The molecule has 20 heteroatoms. The molecule has 0 radical (unpaired) electrons. The van der Waals surface area contributed by atoms with Gasteiger partial charge >= 0.3 is 12.0 Å². The molecule has 0 unspecified atom stereocenters. The monoisotopic (exact) mass is 822 g/mol. The van der Waals surface area contributed by atoms with E-state index in [-0.39, 0.29) is 71.5 Å². The Labute approximate surface area is 333 Å². The molecular weight excluding hydrogens is 789 g/mol. The van der Waals surface area contributed by atoms with Crippen molar-refractivity contribution in [2.24, 2.45) is 0 Å². The largest absolute Gasteiger partial charge is 0.459 e. The highest BCUT2D eigenvalue weighted by molar-refractivity contribution is 7.86. The number of nitrogens with one attached hydrogen (secondary N) is 4. The van der Waals surface area contributed by atoms with Crippen LogP contribution in [0.15, 0.2) is 132 Å². The van der Waals surface area contributed by atoms with E-state index in [2.05, 4.69) is 64.3 Å². The van der Waals surface area contributed by atoms with Gasteiger partial charge in [0.2, 0.25) is 23.8 Å². The molecule has 0 fully saturated rings. The maximum Gasteiger partial charge on any atom is 0.323 e. The van der Waals surface area contributed by atoms with Gasteiger partial charge in [-0.1, -0.05) is 86.0 Å². The highest BCUT2D eigenvalue weighted by Gasteiger charge is 2.19. The lowest BCUT2D eigenvalue weighted by Crippen LogP contribution is -2.08. The van der Waals surface area contributed by atoms with E-state index in [1.165, 1.54) is 48.6 Å². The van der Waals surface area contributed by atoms with Crippen LogP contribution in [0.1, 0.15) is 11.1 Å². The Hall–Kier alpha value is -7.26. The summed E-state index contributed by atoms with van der Waals surface area (Å²) in [7, 11) is -9.69. The van der Waals surface area contributed by atoms with Crippen molar-refractivity contribution in [1.29, 1.82) is 0 Å². The third-order valence-electron chi connectivity index (χ3n) is 7.49. The van der Waals surface area contributed by atoms with E-state index in [1.807, 2.05) is 36.4 Å². The number of nitrogens with zero attached hydrogens (tertiary/aromatic N) is 6. The Bertz CT molecular complexity index is 2500. The second-order valence-electron chi connectivity index (χ2n) is 11.8. The van der Waals surface area contributed by atoms with E-state index in [0.717, 1.165) is 12.1 Å². The average Bonchev–Trinajstić information content (AvgIpc) is 3.19. The summed E-state index contributed by atoms with van der Waals surface area (Å²) in [5, 5.41) is 11.8. The van der Waals surface area contributed by atoms with Gasteiger partial charge in [-0.05, 0) is 59.7 Å². The minimum absolute atomic E-state index is 0.0232. The van der Waals surface area contributed by atoms with Crippen molar-refractivity contribution in [3.63, 3.8) is 0 Å². The van der Waals surface area contributed by atoms with E-state index in [1.54, 1.807) is 24.3 Å². The van der Waals surface area contributed by atoms with Crippen molar-refractivity contribution < 1.29 is 35.4 Å². The first-order valence-corrected chi connectivity index (χ1v) is 19.8. The number of aromatic nitrogens is 6. The van der Waals surface area contributed by atoms with Crippen LogP contribution in [0.2, 0.25) is 0 Å². The van der Waals surface area contributed by atoms with Crippen LogP contribution in [0.5, 0.6) is 12.0 Å². The summed E-state index contributed by atoms with van der Waals surface area (Å²) in [5.74, 6) is 0.192. The first kappa shape index (κ1) is 40.4. The highest BCUT2D eigenvalue weighted by Crippen LogP contribution is 2.29. The zero-order chi connectivity index (χ0) is 41.1. The number of hydrogen-bond acceptors (Lipinski definition) is 16. The number of ether oxygens (including phenoxy) is 2. The quantitative estimate of drug-likeness (QED) is 0.0295. The molecule has 18 nitrogen and oxygen atoms in total. The first-order chi connectivity index (χ1) is 27.9. The Morgan fingerprint density at radius 2 is 0.845 bits per heavy atom. The third kappa shape index (κ3) is 11.2. The number of para-hydroxylation sites is 2. The minimum atomic E-state index is -4.84. The van der Waals surface area contributed by atoms with E-state index < -0.39 is 30.0 Å². The second kappa shape index (κ2) is 18.1. The normalized spacial score (nSPS) is 11.4. The molecule has 0 bridgehead atoms. The predicted molar refractivity (Wildman–Crippen MR) is 218 cm³/mol. The molecule has 0 amide bonds. The molecule has 6 N–H and O–H groups in total. The fourth-order valence-electron chi connectivity index (χ4n) is 5.02. The zero-order valence-corrected chi connectivity index (χ0v) is 31.9. The van der Waals surface area contributed by atoms with Gasteiger partial charge in [0.15, 0.2) is 0 Å². The molecule has 6 rings (SSSR count). The van der Waals surface area contributed by atoms with Crippen molar-refractivity contribution in [3.05, 3.63) is 133 Å². The van der Waals surface area contributed by atoms with Gasteiger partial charge in [0.1, 0.15) is 23.0 Å². The summed E-state index contributed by atoms with van der Waals surface area (Å²) in [6, 6.07) is 26.0. The van der Waals surface area contributed by atoms with Gasteiger partial charge < -0.3 is 30.7 Å². The molecular formula is C38H34N10O8S2. The summed E-state index contributed by atoms with van der Waals surface area (Å²) in [4.78, 5) is 24.5. The number of rotatable bonds is 18. The lowest BCUT2D eigenvalue weighted by molar-refractivity contribution is 0.333. The Morgan fingerprint density at radius 1 is 0.500 bits per heavy atom. The maximum atomic E-state index is 12.6. The van der Waals surface area contributed by atoms with Crippen LogP contribution in [0, 0.1) is 0 Å². The maximum absolute atomic E-state index is 12.6. The molecule has 2 heterocycles. The summed E-state index contributed by atoms with van der Waals surface area (Å²) in [6.45, 7) is 7.43. The fraction of sp³-hybridized carbons (Fsp3) is 0.0526. The Balaban J connectivity index is 1.27. The van der Waals surface area contributed by atoms with Gasteiger partial charge in [-0.2, -0.15) is 46.7 Å². The van der Waals surface area contributed by atoms with Crippen LogP contribution in [-0.2, 0) is 20.2 Å². The smallest absolute Gasteiger partial charge is 0.323 e. The molecule has 0 atom stereocenters. The van der Waals surface area contributed by atoms with Crippen molar-refractivity contribution in [1.82, 2.24) is 29.9 Å². The van der Waals surface area contributed by atoms with E-state index >= 15 is 0 Å². The van der Waals surface area contributed by atoms with Crippen LogP contribution in [0.3, 0.4) is 0 Å². The van der Waals surface area contributed by atoms with Gasteiger partial charge in [-0.15, -0.1) is 0 Å². The lowest BCUT2D eigenvalue weighted by atomic mass is 10.1. The van der Waals surface area contributed by atoms with E-state index in [0.29, 0.717) is 11.4 Å². The number of hydrogen-bond donors (Lipinski definition) is 6. The zero-order valence-electron chi connectivity index (χ0n) is 30.2. The number of benzene rings is 4. The lowest BCUT2D eigenvalue weighted by Gasteiger charge is -2.12. The summed E-state index contributed by atoms with van der Waals surface area (Å²) in [6.07, 6.45) is 5.52. The van der Waals surface area contributed by atoms with Crippen LogP contribution in [-0.4, -0.2) is 69.1 Å². The molecule has 58 heavy (non-hydrogen) atoms. The predicted octanol–water partition coefficient (Wildman–Crippen LogP) is 6.82. The fourth-order valence-corrected chi connectivity index (χ4v) is 6.44. The van der Waals surface area contributed by atoms with E-state index in [9.17, 15) is 25.9 Å². The first-order valence-electron chi connectivity index (χ1n) is 17.0. The number of anilines is 8. The molecule has 0 saturated carbocycles. The van der Waals surface area contributed by atoms with Crippen LogP contribution >= 0.6 is 0 Å². The molecule has 0 saturated heterocycles. The van der Waals surface area contributed by atoms with E-state index in [4.69, 9.17) is 9.47 Å². The van der Waals surface area contributed by atoms with Crippen LogP contribution < -0.4 is 30.7 Å². The molecule has 0 aliphatic rings. The van der Waals surface area contributed by atoms with Gasteiger partial charge in [0.25, 0.3) is 20.2 Å². The van der Waals surface area contributed by atoms with Gasteiger partial charge in [0, 0.05) is 22.7 Å². The molecule has 296 valence electrons. The van der Waals surface area contributed by atoms with Crippen molar-refractivity contribution in [3.8, 4) is 12.0 Å². The third-order valence-corrected chi connectivity index (χ3v) is 9.31. The molecule has 4 aromatic carbocycles. The Morgan fingerprint density at radius 3 is 1.17 bits per heavy atom. The summed E-state index contributed by atoms with van der Waals surface area (Å²) >= 11 is 0. The van der Waals surface area contributed by atoms with Crippen LogP contribution in [0.25, 0.3) is 12.2 Å². The molecule has 6 aromatic rings. The minimum Gasteiger partial charge on any atom is -0.459 e. The van der Waals surface area contributed by atoms with Gasteiger partial charge in [-0.25, -0.2) is 0 Å². The van der Waals surface area contributed by atoms with Crippen molar-refractivity contribution in [2.45, 2.75) is 9.79 Å². The van der Waals surface area contributed by atoms with Gasteiger partial charge in [-0.3, -0.25) is 9.11 Å². The molecule has 0 aliphatic heterocycles. The average molecular weight is 823 g/mol. The summed E-state index contributed by atoms with van der Waals surface area (Å²) in [5.41, 5.74) is 1.62. The van der Waals surface area contributed by atoms with Gasteiger partial charge in [0.05, 0.1) is 0 Å². The summed E-state index contributed by atoms with van der Waals surface area (Å²) < 4.78 is 81.7. The van der Waals surface area contributed by atoms with Crippen LogP contribution in [0.4, 0.5) is 46.5 Å². The standard InChI is InChI=1S/C38H34N10O8S2/c1-3-21-55-37-45-33(39-27-11-7-5-8-12-27)43-35(47-37)41-29-19-17-25(31(23-29)57(49,50)51)15-16-26-18-20-30(24-32(26)58(52,53)54)42-36-44-34(40-28-13-9-6-10-14-28)46-38(48-36)56-22-4-2/h3-20,23-24H,1-2,21-22H2,(H,49,50,51)(H,52,53,54)(H2,39,41,43,45,47)(H2,40,42,44,46,48)/b16-15+. The molecule has 2 aromatic heterocycles.